The standard InChI is InChI=1S/C15H13Cl2NO2/c1-18(9-10-3-2-4-12(16)7-10)15(20)11-5-6-14(19)13(17)8-11/h2-8,19H,9H2,1H3. The van der Waals surface area contributed by atoms with Gasteiger partial charge in [-0.15, -0.1) is 0 Å². The Hall–Kier alpha value is -1.71. The lowest BCUT2D eigenvalue weighted by Crippen LogP contribution is -2.26. The Balaban J connectivity index is 2.14. The third-order valence-corrected chi connectivity index (χ3v) is 3.39. The van der Waals surface area contributed by atoms with Crippen LogP contribution in [0.2, 0.25) is 10.0 Å². The lowest BCUT2D eigenvalue weighted by atomic mass is 10.1. The van der Waals surface area contributed by atoms with Gasteiger partial charge in [0, 0.05) is 24.2 Å². The number of phenols is 1. The van der Waals surface area contributed by atoms with Gasteiger partial charge in [-0.2, -0.15) is 0 Å². The number of rotatable bonds is 3. The van der Waals surface area contributed by atoms with Gasteiger partial charge in [-0.1, -0.05) is 35.3 Å². The molecule has 0 heterocycles. The zero-order valence-corrected chi connectivity index (χ0v) is 12.3. The van der Waals surface area contributed by atoms with Gasteiger partial charge in [0.05, 0.1) is 5.02 Å². The molecule has 0 saturated carbocycles. The summed E-state index contributed by atoms with van der Waals surface area (Å²) in [5.41, 5.74) is 1.37. The van der Waals surface area contributed by atoms with Crippen LogP contribution in [0, 0.1) is 0 Å². The smallest absolute Gasteiger partial charge is 0.253 e. The maximum absolute atomic E-state index is 12.3. The van der Waals surface area contributed by atoms with Crippen molar-refractivity contribution in [3.63, 3.8) is 0 Å². The summed E-state index contributed by atoms with van der Waals surface area (Å²) >= 11 is 11.7. The van der Waals surface area contributed by atoms with Gasteiger partial charge in [0.15, 0.2) is 0 Å². The van der Waals surface area contributed by atoms with E-state index in [4.69, 9.17) is 23.2 Å². The van der Waals surface area contributed by atoms with Gasteiger partial charge in [0.25, 0.3) is 5.91 Å². The summed E-state index contributed by atoms with van der Waals surface area (Å²) in [6.07, 6.45) is 0. The van der Waals surface area contributed by atoms with Crippen LogP contribution < -0.4 is 0 Å². The number of carbonyl (C=O) groups excluding carboxylic acids is 1. The number of phenolic OH excluding ortho intramolecular Hbond substituents is 1. The van der Waals surface area contributed by atoms with Crippen LogP contribution in [0.5, 0.6) is 5.75 Å². The number of halogens is 2. The van der Waals surface area contributed by atoms with Crippen molar-refractivity contribution < 1.29 is 9.90 Å². The third-order valence-electron chi connectivity index (χ3n) is 2.85. The largest absolute Gasteiger partial charge is 0.506 e. The van der Waals surface area contributed by atoms with Gasteiger partial charge in [-0.05, 0) is 35.9 Å². The summed E-state index contributed by atoms with van der Waals surface area (Å²) in [5.74, 6) is -0.215. The van der Waals surface area contributed by atoms with Crippen LogP contribution >= 0.6 is 23.2 Å². The fourth-order valence-corrected chi connectivity index (χ4v) is 2.23. The van der Waals surface area contributed by atoms with E-state index in [0.717, 1.165) is 5.56 Å². The number of carbonyl (C=O) groups is 1. The molecule has 1 N–H and O–H groups in total. The van der Waals surface area contributed by atoms with E-state index in [9.17, 15) is 9.90 Å². The van der Waals surface area contributed by atoms with Crippen molar-refractivity contribution in [2.24, 2.45) is 0 Å². The Bertz CT molecular complexity index is 644. The predicted molar refractivity (Wildman–Crippen MR) is 80.4 cm³/mol. The Morgan fingerprint density at radius 3 is 2.60 bits per heavy atom. The molecule has 0 aliphatic carbocycles. The van der Waals surface area contributed by atoms with Gasteiger partial charge >= 0.3 is 0 Å². The minimum atomic E-state index is -0.174. The summed E-state index contributed by atoms with van der Waals surface area (Å²) < 4.78 is 0. The van der Waals surface area contributed by atoms with Crippen LogP contribution in [0.1, 0.15) is 15.9 Å². The van der Waals surface area contributed by atoms with E-state index < -0.39 is 0 Å². The molecule has 0 aromatic heterocycles. The fourth-order valence-electron chi connectivity index (χ4n) is 1.84. The molecule has 0 unspecified atom stereocenters. The van der Waals surface area contributed by atoms with E-state index in [1.165, 1.54) is 18.2 Å². The molecule has 5 heteroatoms. The van der Waals surface area contributed by atoms with E-state index in [2.05, 4.69) is 0 Å². The molecular formula is C15H13Cl2NO2. The number of hydrogen-bond donors (Lipinski definition) is 1. The van der Waals surface area contributed by atoms with Crippen molar-refractivity contribution in [1.82, 2.24) is 4.90 Å². The van der Waals surface area contributed by atoms with Crippen molar-refractivity contribution in [3.05, 3.63) is 63.6 Å². The van der Waals surface area contributed by atoms with Crippen LogP contribution in [-0.4, -0.2) is 23.0 Å². The van der Waals surface area contributed by atoms with Gasteiger partial charge in [-0.3, -0.25) is 4.79 Å². The minimum absolute atomic E-state index is 0.0410. The summed E-state index contributed by atoms with van der Waals surface area (Å²) in [4.78, 5) is 13.8. The number of nitrogens with zero attached hydrogens (tertiary/aromatic N) is 1. The summed E-state index contributed by atoms with van der Waals surface area (Å²) in [6, 6.07) is 11.7. The number of benzene rings is 2. The van der Waals surface area contributed by atoms with Crippen molar-refractivity contribution in [3.8, 4) is 5.75 Å². The predicted octanol–water partition coefficient (Wildman–Crippen LogP) is 3.97. The molecule has 0 bridgehead atoms. The highest BCUT2D eigenvalue weighted by Crippen LogP contribution is 2.24. The molecule has 0 radical (unpaired) electrons. The molecule has 0 saturated heterocycles. The van der Waals surface area contributed by atoms with Gasteiger partial charge in [0.2, 0.25) is 0 Å². The zero-order chi connectivity index (χ0) is 14.7. The van der Waals surface area contributed by atoms with Gasteiger partial charge in [0.1, 0.15) is 5.75 Å². The van der Waals surface area contributed by atoms with Crippen LogP contribution in [0.4, 0.5) is 0 Å². The molecule has 2 aromatic carbocycles. The number of amides is 1. The van der Waals surface area contributed by atoms with Crippen LogP contribution in [0.15, 0.2) is 42.5 Å². The van der Waals surface area contributed by atoms with Crippen molar-refractivity contribution >= 4 is 29.1 Å². The van der Waals surface area contributed by atoms with Gasteiger partial charge < -0.3 is 10.0 Å². The van der Waals surface area contributed by atoms with Crippen LogP contribution in [-0.2, 0) is 6.54 Å². The second-order valence-corrected chi connectivity index (χ2v) is 5.30. The molecular weight excluding hydrogens is 297 g/mol. The molecule has 0 spiro atoms. The third kappa shape index (κ3) is 3.44. The summed E-state index contributed by atoms with van der Waals surface area (Å²) in [6.45, 7) is 0.442. The van der Waals surface area contributed by atoms with E-state index in [1.54, 1.807) is 18.0 Å². The Morgan fingerprint density at radius 2 is 1.95 bits per heavy atom. The van der Waals surface area contributed by atoms with Crippen molar-refractivity contribution in [2.75, 3.05) is 7.05 Å². The van der Waals surface area contributed by atoms with E-state index in [-0.39, 0.29) is 16.7 Å². The molecule has 0 fully saturated rings. The molecule has 0 aliphatic heterocycles. The highest BCUT2D eigenvalue weighted by molar-refractivity contribution is 6.32. The first-order valence-corrected chi connectivity index (χ1v) is 6.71. The molecule has 2 rings (SSSR count). The zero-order valence-electron chi connectivity index (χ0n) is 10.8. The second kappa shape index (κ2) is 6.16. The SMILES string of the molecule is CN(Cc1cccc(Cl)c1)C(=O)c1ccc(O)c(Cl)c1. The fraction of sp³-hybridized carbons (Fsp3) is 0.133. The maximum atomic E-state index is 12.3. The van der Waals surface area contributed by atoms with Gasteiger partial charge in [-0.25, -0.2) is 0 Å². The van der Waals surface area contributed by atoms with E-state index >= 15 is 0 Å². The van der Waals surface area contributed by atoms with Crippen molar-refractivity contribution in [2.45, 2.75) is 6.54 Å². The monoisotopic (exact) mass is 309 g/mol. The minimum Gasteiger partial charge on any atom is -0.506 e. The highest BCUT2D eigenvalue weighted by atomic mass is 35.5. The average molecular weight is 310 g/mol. The second-order valence-electron chi connectivity index (χ2n) is 4.46. The maximum Gasteiger partial charge on any atom is 0.253 e. The summed E-state index contributed by atoms with van der Waals surface area (Å²) in [5, 5.41) is 10.2. The number of hydrogen-bond acceptors (Lipinski definition) is 2. The van der Waals surface area contributed by atoms with E-state index in [1.807, 2.05) is 18.2 Å². The first-order valence-electron chi connectivity index (χ1n) is 5.96. The van der Waals surface area contributed by atoms with Crippen LogP contribution in [0.25, 0.3) is 0 Å². The molecule has 20 heavy (non-hydrogen) atoms. The normalized spacial score (nSPS) is 10.3. The first kappa shape index (κ1) is 14.7. The first-order chi connectivity index (χ1) is 9.47. The lowest BCUT2D eigenvalue weighted by Gasteiger charge is -2.17. The molecule has 1 amide bonds. The topological polar surface area (TPSA) is 40.5 Å². The summed E-state index contributed by atoms with van der Waals surface area (Å²) in [7, 11) is 1.70. The Kier molecular flexibility index (Phi) is 4.53. The Morgan fingerprint density at radius 1 is 1.20 bits per heavy atom. The van der Waals surface area contributed by atoms with E-state index in [0.29, 0.717) is 17.1 Å². The molecule has 0 aliphatic rings. The molecule has 3 nitrogen and oxygen atoms in total. The molecule has 0 atom stereocenters. The van der Waals surface area contributed by atoms with Crippen molar-refractivity contribution in [1.29, 1.82) is 0 Å². The quantitative estimate of drug-likeness (QED) is 0.932. The molecule has 104 valence electrons. The Labute approximate surface area is 127 Å². The molecule has 2 aromatic rings. The lowest BCUT2D eigenvalue weighted by molar-refractivity contribution is 0.0785. The highest BCUT2D eigenvalue weighted by Gasteiger charge is 2.13. The van der Waals surface area contributed by atoms with Crippen LogP contribution in [0.3, 0.4) is 0 Å². The number of aromatic hydroxyl groups is 1. The average Bonchev–Trinajstić information content (AvgIpc) is 2.41.